The lowest BCUT2D eigenvalue weighted by molar-refractivity contribution is -0.118. The number of piperidine rings is 1. The number of anilines is 2. The highest BCUT2D eigenvalue weighted by Crippen LogP contribution is 2.32. The maximum atomic E-state index is 12.6. The van der Waals surface area contributed by atoms with E-state index in [9.17, 15) is 9.59 Å². The molecule has 0 aliphatic carbocycles. The van der Waals surface area contributed by atoms with E-state index < -0.39 is 0 Å². The van der Waals surface area contributed by atoms with Gasteiger partial charge in [-0.3, -0.25) is 9.59 Å². The summed E-state index contributed by atoms with van der Waals surface area (Å²) in [6.07, 6.45) is 5.37. The van der Waals surface area contributed by atoms with Gasteiger partial charge in [0.15, 0.2) is 0 Å². The minimum absolute atomic E-state index is 0.182. The van der Waals surface area contributed by atoms with Crippen molar-refractivity contribution in [3.63, 3.8) is 0 Å². The van der Waals surface area contributed by atoms with E-state index in [2.05, 4.69) is 53.4 Å². The van der Waals surface area contributed by atoms with Gasteiger partial charge in [-0.1, -0.05) is 54.6 Å². The van der Waals surface area contributed by atoms with Crippen LogP contribution in [0.1, 0.15) is 41.6 Å². The van der Waals surface area contributed by atoms with E-state index in [4.69, 9.17) is 0 Å². The van der Waals surface area contributed by atoms with Gasteiger partial charge in [0, 0.05) is 43.0 Å². The van der Waals surface area contributed by atoms with Crippen LogP contribution in [0.2, 0.25) is 0 Å². The molecule has 0 radical (unpaired) electrons. The van der Waals surface area contributed by atoms with E-state index in [0.29, 0.717) is 18.8 Å². The van der Waals surface area contributed by atoms with Crippen LogP contribution >= 0.6 is 0 Å². The highest BCUT2D eigenvalue weighted by molar-refractivity contribution is 5.98. The SMILES string of the molecule is O=Cc1cccc2c1CCC(=O)N2CCC1CCN(c2ccc(-c3ccccc3)cc2)CC1. The fourth-order valence-corrected chi connectivity index (χ4v) is 5.26. The number of carbonyl (C=O) groups excluding carboxylic acids is 2. The van der Waals surface area contributed by atoms with Crippen LogP contribution < -0.4 is 9.80 Å². The van der Waals surface area contributed by atoms with E-state index in [0.717, 1.165) is 62.0 Å². The molecule has 4 heteroatoms. The van der Waals surface area contributed by atoms with Crippen molar-refractivity contribution in [2.45, 2.75) is 32.1 Å². The van der Waals surface area contributed by atoms with Gasteiger partial charge < -0.3 is 9.80 Å². The van der Waals surface area contributed by atoms with Crippen molar-refractivity contribution in [1.29, 1.82) is 0 Å². The van der Waals surface area contributed by atoms with Gasteiger partial charge in [0.2, 0.25) is 5.91 Å². The average molecular weight is 439 g/mol. The predicted octanol–water partition coefficient (Wildman–Crippen LogP) is 5.75. The number of carbonyl (C=O) groups is 2. The molecule has 3 aromatic carbocycles. The minimum atomic E-state index is 0.182. The van der Waals surface area contributed by atoms with Gasteiger partial charge >= 0.3 is 0 Å². The normalized spacial score (nSPS) is 16.5. The van der Waals surface area contributed by atoms with Crippen molar-refractivity contribution in [3.05, 3.63) is 83.9 Å². The van der Waals surface area contributed by atoms with Crippen LogP contribution in [-0.2, 0) is 11.2 Å². The van der Waals surface area contributed by atoms with Gasteiger partial charge in [-0.25, -0.2) is 0 Å². The number of aldehydes is 1. The van der Waals surface area contributed by atoms with E-state index in [1.54, 1.807) is 0 Å². The summed E-state index contributed by atoms with van der Waals surface area (Å²) >= 11 is 0. The van der Waals surface area contributed by atoms with E-state index >= 15 is 0 Å². The Morgan fingerprint density at radius 2 is 1.55 bits per heavy atom. The van der Waals surface area contributed by atoms with Crippen molar-refractivity contribution in [3.8, 4) is 11.1 Å². The number of benzene rings is 3. The Labute approximate surface area is 195 Å². The molecule has 0 spiro atoms. The predicted molar refractivity (Wildman–Crippen MR) is 134 cm³/mol. The summed E-state index contributed by atoms with van der Waals surface area (Å²) < 4.78 is 0. The number of rotatable bonds is 6. The molecule has 168 valence electrons. The number of hydrogen-bond donors (Lipinski definition) is 0. The molecule has 0 atom stereocenters. The largest absolute Gasteiger partial charge is 0.372 e. The standard InChI is InChI=1S/C29H30N2O2/c32-21-25-7-4-8-28-27(25)13-14-29(33)31(28)20-17-22-15-18-30(19-16-22)26-11-9-24(10-12-26)23-5-2-1-3-6-23/h1-12,21-22H,13-20H2. The zero-order valence-electron chi connectivity index (χ0n) is 19.0. The second-order valence-electron chi connectivity index (χ2n) is 9.14. The van der Waals surface area contributed by atoms with Crippen LogP contribution in [0.15, 0.2) is 72.8 Å². The summed E-state index contributed by atoms with van der Waals surface area (Å²) in [4.78, 5) is 28.4. The molecule has 3 aromatic rings. The molecule has 0 bridgehead atoms. The van der Waals surface area contributed by atoms with Gasteiger partial charge in [-0.05, 0) is 66.5 Å². The zero-order chi connectivity index (χ0) is 22.6. The first-order valence-corrected chi connectivity index (χ1v) is 12.0. The van der Waals surface area contributed by atoms with Crippen LogP contribution in [0.3, 0.4) is 0 Å². The zero-order valence-corrected chi connectivity index (χ0v) is 19.0. The molecule has 2 aliphatic rings. The minimum Gasteiger partial charge on any atom is -0.372 e. The molecule has 0 N–H and O–H groups in total. The molecular formula is C29H30N2O2. The second-order valence-corrected chi connectivity index (χ2v) is 9.14. The molecule has 0 aromatic heterocycles. The number of nitrogens with zero attached hydrogens (tertiary/aromatic N) is 2. The fraction of sp³-hybridized carbons (Fsp3) is 0.310. The summed E-state index contributed by atoms with van der Waals surface area (Å²) in [5, 5.41) is 0. The maximum Gasteiger partial charge on any atom is 0.227 e. The summed E-state index contributed by atoms with van der Waals surface area (Å²) in [7, 11) is 0. The van der Waals surface area contributed by atoms with Crippen molar-refractivity contribution in [2.75, 3.05) is 29.4 Å². The smallest absolute Gasteiger partial charge is 0.227 e. The fourth-order valence-electron chi connectivity index (χ4n) is 5.26. The van der Waals surface area contributed by atoms with Crippen molar-refractivity contribution < 1.29 is 9.59 Å². The van der Waals surface area contributed by atoms with Crippen LogP contribution in [0.5, 0.6) is 0 Å². The Bertz CT molecular complexity index is 1120. The topological polar surface area (TPSA) is 40.6 Å². The quantitative estimate of drug-likeness (QED) is 0.460. The van der Waals surface area contributed by atoms with Crippen LogP contribution in [-0.4, -0.2) is 31.8 Å². The van der Waals surface area contributed by atoms with E-state index in [-0.39, 0.29) is 5.91 Å². The van der Waals surface area contributed by atoms with Crippen molar-refractivity contribution in [1.82, 2.24) is 0 Å². The van der Waals surface area contributed by atoms with Crippen molar-refractivity contribution in [2.24, 2.45) is 5.92 Å². The summed E-state index contributed by atoms with van der Waals surface area (Å²) in [5.41, 5.74) is 6.47. The van der Waals surface area contributed by atoms with Gasteiger partial charge in [0.1, 0.15) is 6.29 Å². The number of fused-ring (bicyclic) bond motifs is 1. The molecule has 1 saturated heterocycles. The molecular weight excluding hydrogens is 408 g/mol. The Morgan fingerprint density at radius 1 is 0.818 bits per heavy atom. The first-order chi connectivity index (χ1) is 16.2. The van der Waals surface area contributed by atoms with Crippen LogP contribution in [0.4, 0.5) is 11.4 Å². The molecule has 4 nitrogen and oxygen atoms in total. The van der Waals surface area contributed by atoms with Gasteiger partial charge in [-0.15, -0.1) is 0 Å². The number of amides is 1. The molecule has 1 amide bonds. The molecule has 5 rings (SSSR count). The Morgan fingerprint density at radius 3 is 2.27 bits per heavy atom. The van der Waals surface area contributed by atoms with Gasteiger partial charge in [0.05, 0.1) is 0 Å². The second kappa shape index (κ2) is 9.62. The first kappa shape index (κ1) is 21.4. The van der Waals surface area contributed by atoms with Gasteiger partial charge in [-0.2, -0.15) is 0 Å². The van der Waals surface area contributed by atoms with Crippen molar-refractivity contribution >= 4 is 23.6 Å². The average Bonchev–Trinajstić information content (AvgIpc) is 2.88. The lowest BCUT2D eigenvalue weighted by Gasteiger charge is -2.36. The summed E-state index contributed by atoms with van der Waals surface area (Å²) in [6, 6.07) is 25.1. The van der Waals surface area contributed by atoms with E-state index in [1.165, 1.54) is 16.8 Å². The highest BCUT2D eigenvalue weighted by Gasteiger charge is 2.27. The molecule has 1 fully saturated rings. The number of hydrogen-bond acceptors (Lipinski definition) is 3. The third-order valence-corrected chi connectivity index (χ3v) is 7.21. The molecule has 0 unspecified atom stereocenters. The van der Waals surface area contributed by atoms with Crippen LogP contribution in [0, 0.1) is 5.92 Å². The molecule has 0 saturated carbocycles. The van der Waals surface area contributed by atoms with Gasteiger partial charge in [0.25, 0.3) is 0 Å². The summed E-state index contributed by atoms with van der Waals surface area (Å²) in [5.74, 6) is 0.804. The van der Waals surface area contributed by atoms with E-state index in [1.807, 2.05) is 29.2 Å². The molecule has 2 heterocycles. The third-order valence-electron chi connectivity index (χ3n) is 7.21. The summed E-state index contributed by atoms with van der Waals surface area (Å²) in [6.45, 7) is 2.84. The van der Waals surface area contributed by atoms with Crippen LogP contribution in [0.25, 0.3) is 11.1 Å². The molecule has 33 heavy (non-hydrogen) atoms. The Hall–Kier alpha value is -3.40. The maximum absolute atomic E-state index is 12.6. The highest BCUT2D eigenvalue weighted by atomic mass is 16.2. The lowest BCUT2D eigenvalue weighted by atomic mass is 9.91. The molecule has 2 aliphatic heterocycles. The lowest BCUT2D eigenvalue weighted by Crippen LogP contribution is -2.39. The Kier molecular flexibility index (Phi) is 6.25. The first-order valence-electron chi connectivity index (χ1n) is 12.0. The monoisotopic (exact) mass is 438 g/mol. The third kappa shape index (κ3) is 4.56. The Balaban J connectivity index is 1.17.